The fraction of sp³-hybridized carbons (Fsp3) is 0.462. The average Bonchev–Trinajstić information content (AvgIpc) is 3.06. The Morgan fingerprint density at radius 3 is 2.65 bits per heavy atom. The molecule has 2 aliphatic heterocycles. The summed E-state index contributed by atoms with van der Waals surface area (Å²) in [4.78, 5) is 30.5. The highest BCUT2D eigenvalue weighted by atomic mass is 16.2. The topological polar surface area (TPSA) is 52.7 Å². The predicted molar refractivity (Wildman–Crippen MR) is 123 cm³/mol. The minimum atomic E-state index is -0.570. The van der Waals surface area contributed by atoms with Crippen LogP contribution in [0.15, 0.2) is 48.5 Å². The van der Waals surface area contributed by atoms with Gasteiger partial charge in [-0.05, 0) is 56.8 Å². The van der Waals surface area contributed by atoms with Crippen LogP contribution in [0.1, 0.15) is 65.7 Å². The van der Waals surface area contributed by atoms with Gasteiger partial charge in [-0.1, -0.05) is 54.4 Å². The van der Waals surface area contributed by atoms with Gasteiger partial charge in [-0.15, -0.1) is 0 Å². The van der Waals surface area contributed by atoms with Gasteiger partial charge in [0.05, 0.1) is 0 Å². The van der Waals surface area contributed by atoms with Crippen molar-refractivity contribution < 1.29 is 9.59 Å². The highest BCUT2D eigenvalue weighted by Crippen LogP contribution is 2.35. The van der Waals surface area contributed by atoms with E-state index in [0.29, 0.717) is 24.7 Å². The number of carbonyl (C=O) groups is 2. The van der Waals surface area contributed by atoms with Crippen molar-refractivity contribution in [3.8, 4) is 0 Å². The number of likely N-dealkylation sites (tertiary alicyclic amines) is 1. The molecule has 2 aromatic rings. The molecule has 4 rings (SSSR count). The molecule has 0 aliphatic carbocycles. The average molecular weight is 420 g/mol. The van der Waals surface area contributed by atoms with Crippen LogP contribution in [0.3, 0.4) is 0 Å². The third kappa shape index (κ3) is 4.82. The summed E-state index contributed by atoms with van der Waals surface area (Å²) in [6, 6.07) is 15.7. The zero-order valence-electron chi connectivity index (χ0n) is 18.6. The Kier molecular flexibility index (Phi) is 6.71. The number of rotatable bonds is 7. The molecular formula is C26H33N3O2. The van der Waals surface area contributed by atoms with E-state index in [1.165, 1.54) is 24.8 Å². The molecule has 5 nitrogen and oxygen atoms in total. The quantitative estimate of drug-likeness (QED) is 0.688. The number of amides is 2. The molecule has 2 amide bonds. The molecule has 1 saturated heterocycles. The van der Waals surface area contributed by atoms with Crippen LogP contribution < -0.4 is 5.32 Å². The van der Waals surface area contributed by atoms with E-state index in [1.807, 2.05) is 55.5 Å². The third-order valence-electron chi connectivity index (χ3n) is 6.64. The van der Waals surface area contributed by atoms with Gasteiger partial charge in [-0.25, -0.2) is 0 Å². The van der Waals surface area contributed by atoms with Crippen molar-refractivity contribution in [1.29, 1.82) is 0 Å². The normalized spacial score (nSPS) is 21.2. The van der Waals surface area contributed by atoms with Gasteiger partial charge in [-0.3, -0.25) is 9.59 Å². The molecule has 2 atom stereocenters. The highest BCUT2D eigenvalue weighted by Gasteiger charge is 2.40. The fourth-order valence-electron chi connectivity index (χ4n) is 4.79. The molecule has 2 heterocycles. The van der Waals surface area contributed by atoms with Gasteiger partial charge < -0.3 is 15.1 Å². The Bertz CT molecular complexity index is 925. The Balaban J connectivity index is 1.42. The lowest BCUT2D eigenvalue weighted by Crippen LogP contribution is -2.41. The number of fused-ring (bicyclic) bond motifs is 1. The first-order chi connectivity index (χ1) is 15.0. The van der Waals surface area contributed by atoms with Gasteiger partial charge in [0.15, 0.2) is 0 Å². The molecule has 1 N–H and O–H groups in total. The maximum Gasteiger partial charge on any atom is 0.255 e. The molecule has 0 aromatic heterocycles. The maximum atomic E-state index is 13.2. The largest absolute Gasteiger partial charge is 0.354 e. The molecule has 164 valence electrons. The first-order valence-electron chi connectivity index (χ1n) is 11.5. The van der Waals surface area contributed by atoms with Crippen LogP contribution in [0.25, 0.3) is 0 Å². The summed E-state index contributed by atoms with van der Waals surface area (Å²) in [6.07, 6.45) is 4.78. The molecule has 2 unspecified atom stereocenters. The van der Waals surface area contributed by atoms with Crippen molar-refractivity contribution >= 4 is 11.8 Å². The lowest BCUT2D eigenvalue weighted by atomic mass is 10.0. The van der Waals surface area contributed by atoms with E-state index in [1.54, 1.807) is 4.90 Å². The number of nitrogens with zero attached hydrogens (tertiary/aromatic N) is 2. The summed E-state index contributed by atoms with van der Waals surface area (Å²) < 4.78 is 0. The van der Waals surface area contributed by atoms with Crippen molar-refractivity contribution in [3.63, 3.8) is 0 Å². The summed E-state index contributed by atoms with van der Waals surface area (Å²) in [5.41, 5.74) is 3.65. The van der Waals surface area contributed by atoms with E-state index < -0.39 is 6.04 Å². The molecule has 31 heavy (non-hydrogen) atoms. The molecule has 2 aromatic carbocycles. The van der Waals surface area contributed by atoms with Gasteiger partial charge >= 0.3 is 0 Å². The summed E-state index contributed by atoms with van der Waals surface area (Å²) in [5.74, 6) is -0.157. The minimum absolute atomic E-state index is 0.0709. The van der Waals surface area contributed by atoms with Gasteiger partial charge in [0.25, 0.3) is 5.91 Å². The Morgan fingerprint density at radius 1 is 1.10 bits per heavy atom. The number of benzene rings is 2. The third-order valence-corrected chi connectivity index (χ3v) is 6.64. The molecule has 0 saturated carbocycles. The predicted octanol–water partition coefficient (Wildman–Crippen LogP) is 4.07. The molecule has 0 spiro atoms. The van der Waals surface area contributed by atoms with E-state index in [-0.39, 0.29) is 11.8 Å². The number of hydrogen-bond donors (Lipinski definition) is 1. The number of piperidine rings is 1. The summed E-state index contributed by atoms with van der Waals surface area (Å²) in [5, 5.41) is 3.11. The number of nitrogens with one attached hydrogen (secondary N) is 1. The second kappa shape index (κ2) is 9.65. The van der Waals surface area contributed by atoms with Crippen molar-refractivity contribution in [2.24, 2.45) is 0 Å². The first-order valence-corrected chi connectivity index (χ1v) is 11.5. The van der Waals surface area contributed by atoms with Crippen molar-refractivity contribution in [2.75, 3.05) is 19.6 Å². The molecule has 2 aliphatic rings. The highest BCUT2D eigenvalue weighted by molar-refractivity contribution is 6.04. The van der Waals surface area contributed by atoms with Gasteiger partial charge in [0.2, 0.25) is 5.91 Å². The summed E-state index contributed by atoms with van der Waals surface area (Å²) in [7, 11) is 0. The minimum Gasteiger partial charge on any atom is -0.354 e. The smallest absolute Gasteiger partial charge is 0.255 e. The van der Waals surface area contributed by atoms with E-state index in [0.717, 1.165) is 30.6 Å². The lowest BCUT2D eigenvalue weighted by molar-refractivity contribution is -0.125. The van der Waals surface area contributed by atoms with Crippen LogP contribution in [-0.4, -0.2) is 47.3 Å². The molecule has 0 radical (unpaired) electrons. The van der Waals surface area contributed by atoms with Crippen LogP contribution in [0.2, 0.25) is 0 Å². The summed E-state index contributed by atoms with van der Waals surface area (Å²) in [6.45, 7) is 7.56. The van der Waals surface area contributed by atoms with E-state index in [4.69, 9.17) is 0 Å². The number of hydrogen-bond acceptors (Lipinski definition) is 3. The van der Waals surface area contributed by atoms with Crippen molar-refractivity contribution in [3.05, 3.63) is 70.8 Å². The molecule has 1 fully saturated rings. The SMILES string of the molecule is Cc1ccc(CN2C(=O)c3ccccc3C2C(=O)NCCCN2CCCCC2C)cc1. The summed E-state index contributed by atoms with van der Waals surface area (Å²) >= 11 is 0. The molecular weight excluding hydrogens is 386 g/mol. The van der Waals surface area contributed by atoms with Crippen LogP contribution >= 0.6 is 0 Å². The Hall–Kier alpha value is -2.66. The van der Waals surface area contributed by atoms with Gasteiger partial charge in [0, 0.05) is 31.2 Å². The number of aryl methyl sites for hydroxylation is 1. The van der Waals surface area contributed by atoms with Crippen LogP contribution in [0.5, 0.6) is 0 Å². The van der Waals surface area contributed by atoms with Crippen molar-refractivity contribution in [1.82, 2.24) is 15.1 Å². The Labute approximate surface area is 185 Å². The van der Waals surface area contributed by atoms with Crippen LogP contribution in [-0.2, 0) is 11.3 Å². The van der Waals surface area contributed by atoms with E-state index in [2.05, 4.69) is 17.1 Å². The van der Waals surface area contributed by atoms with Gasteiger partial charge in [0.1, 0.15) is 6.04 Å². The first kappa shape index (κ1) is 21.6. The maximum absolute atomic E-state index is 13.2. The second-order valence-electron chi connectivity index (χ2n) is 8.93. The van der Waals surface area contributed by atoms with E-state index in [9.17, 15) is 9.59 Å². The zero-order chi connectivity index (χ0) is 21.8. The molecule has 0 bridgehead atoms. The van der Waals surface area contributed by atoms with E-state index >= 15 is 0 Å². The Morgan fingerprint density at radius 2 is 1.87 bits per heavy atom. The second-order valence-corrected chi connectivity index (χ2v) is 8.93. The lowest BCUT2D eigenvalue weighted by Gasteiger charge is -2.33. The molecule has 5 heteroatoms. The number of carbonyl (C=O) groups excluding carboxylic acids is 2. The van der Waals surface area contributed by atoms with Crippen LogP contribution in [0.4, 0.5) is 0 Å². The standard InChI is InChI=1S/C26H33N3O2/c1-19-11-13-21(14-12-19)18-29-24(22-9-3-4-10-23(22)26(29)31)25(30)27-15-7-17-28-16-6-5-8-20(28)2/h3-4,9-14,20,24H,5-8,15-18H2,1-2H3,(H,27,30). The monoisotopic (exact) mass is 419 g/mol. The zero-order valence-corrected chi connectivity index (χ0v) is 18.6. The fourth-order valence-corrected chi connectivity index (χ4v) is 4.79. The van der Waals surface area contributed by atoms with Crippen molar-refractivity contribution in [2.45, 2.75) is 58.2 Å². The van der Waals surface area contributed by atoms with Crippen LogP contribution in [0, 0.1) is 6.92 Å². The van der Waals surface area contributed by atoms with Gasteiger partial charge in [-0.2, -0.15) is 0 Å².